The van der Waals surface area contributed by atoms with Crippen molar-refractivity contribution < 1.29 is 29.3 Å². The first-order chi connectivity index (χ1) is 14.7. The van der Waals surface area contributed by atoms with Crippen LogP contribution in [-0.2, 0) is 19.1 Å². The van der Waals surface area contributed by atoms with E-state index in [1.54, 1.807) is 13.0 Å². The summed E-state index contributed by atoms with van der Waals surface area (Å²) in [5.41, 5.74) is 3.46. The van der Waals surface area contributed by atoms with E-state index >= 15 is 0 Å². The van der Waals surface area contributed by atoms with E-state index in [0.717, 1.165) is 38.5 Å². The molecule has 0 radical (unpaired) electrons. The van der Waals surface area contributed by atoms with Crippen LogP contribution in [0.25, 0.3) is 0 Å². The minimum Gasteiger partial charge on any atom is -0.504 e. The first-order valence-corrected chi connectivity index (χ1v) is 10.9. The number of carbonyl (C=O) groups is 2. The van der Waals surface area contributed by atoms with Crippen molar-refractivity contribution in [2.75, 3.05) is 0 Å². The molecule has 0 saturated carbocycles. The summed E-state index contributed by atoms with van der Waals surface area (Å²) in [7, 11) is 0. The van der Waals surface area contributed by atoms with E-state index in [1.807, 2.05) is 6.92 Å². The van der Waals surface area contributed by atoms with Gasteiger partial charge in [-0.3, -0.25) is 0 Å². The third-order valence-corrected chi connectivity index (χ3v) is 5.53. The van der Waals surface area contributed by atoms with Gasteiger partial charge in [-0.15, -0.1) is 0 Å². The maximum atomic E-state index is 11.5. The predicted molar refractivity (Wildman–Crippen MR) is 119 cm³/mol. The summed E-state index contributed by atoms with van der Waals surface area (Å²) in [5, 5.41) is 19.1. The first-order valence-electron chi connectivity index (χ1n) is 10.9. The Kier molecular flexibility index (Phi) is 9.31. The molecule has 0 aromatic heterocycles. The minimum absolute atomic E-state index is 0.0526. The van der Waals surface area contributed by atoms with Gasteiger partial charge >= 0.3 is 11.9 Å². The average Bonchev–Trinajstić information content (AvgIpc) is 3.14. The molecule has 0 aromatic carbocycles. The molecule has 2 atom stereocenters. The number of allylic oxidation sites excluding steroid dienone is 5. The first kappa shape index (κ1) is 24.7. The van der Waals surface area contributed by atoms with Crippen molar-refractivity contribution in [1.29, 1.82) is 0 Å². The second kappa shape index (κ2) is 11.7. The van der Waals surface area contributed by atoms with Gasteiger partial charge in [0, 0.05) is 5.57 Å². The Morgan fingerprint density at radius 2 is 1.81 bits per heavy atom. The van der Waals surface area contributed by atoms with E-state index in [2.05, 4.69) is 30.7 Å². The largest absolute Gasteiger partial charge is 0.504 e. The van der Waals surface area contributed by atoms with Crippen LogP contribution in [0.1, 0.15) is 72.6 Å². The number of ether oxygens (including phenoxy) is 2. The number of cyclic esters (lactones) is 2. The van der Waals surface area contributed by atoms with Gasteiger partial charge in [-0.2, -0.15) is 0 Å². The number of carbonyl (C=O) groups excluding carboxylic acids is 2. The van der Waals surface area contributed by atoms with Crippen LogP contribution in [0.5, 0.6) is 0 Å². The SMILES string of the molecule is CC(=CCCC(C)C=C1OC(=O)C(C)=C1O)CCC=C(C)CCCC1=CC(O)OC1=O. The smallest absolute Gasteiger partial charge is 0.343 e. The number of esters is 2. The maximum absolute atomic E-state index is 11.5. The third kappa shape index (κ3) is 7.87. The minimum atomic E-state index is -1.08. The second-order valence-corrected chi connectivity index (χ2v) is 8.43. The monoisotopic (exact) mass is 430 g/mol. The molecule has 0 saturated heterocycles. The normalized spacial score (nSPS) is 22.2. The summed E-state index contributed by atoms with van der Waals surface area (Å²) >= 11 is 0. The summed E-state index contributed by atoms with van der Waals surface area (Å²) in [6.45, 7) is 7.83. The number of aliphatic hydroxyl groups excluding tert-OH is 2. The summed E-state index contributed by atoms with van der Waals surface area (Å²) in [6.07, 6.45) is 12.9. The van der Waals surface area contributed by atoms with Gasteiger partial charge in [-0.05, 0) is 83.8 Å². The quantitative estimate of drug-likeness (QED) is 0.340. The van der Waals surface area contributed by atoms with Crippen LogP contribution in [0.4, 0.5) is 0 Å². The molecule has 6 heteroatoms. The zero-order valence-electron chi connectivity index (χ0n) is 18.9. The van der Waals surface area contributed by atoms with Gasteiger partial charge in [-0.1, -0.05) is 30.2 Å². The van der Waals surface area contributed by atoms with Crippen LogP contribution in [-0.4, -0.2) is 28.4 Å². The molecule has 6 nitrogen and oxygen atoms in total. The lowest BCUT2D eigenvalue weighted by molar-refractivity contribution is -0.151. The van der Waals surface area contributed by atoms with Gasteiger partial charge in [0.1, 0.15) is 0 Å². The molecule has 2 aliphatic rings. The van der Waals surface area contributed by atoms with Crippen LogP contribution in [0.2, 0.25) is 0 Å². The predicted octanol–water partition coefficient (Wildman–Crippen LogP) is 5.32. The maximum Gasteiger partial charge on any atom is 0.343 e. The van der Waals surface area contributed by atoms with Crippen molar-refractivity contribution in [1.82, 2.24) is 0 Å². The molecule has 0 aromatic rings. The molecule has 0 aliphatic carbocycles. The molecule has 2 N–H and O–H groups in total. The van der Waals surface area contributed by atoms with Gasteiger partial charge in [0.2, 0.25) is 6.29 Å². The van der Waals surface area contributed by atoms with Crippen LogP contribution >= 0.6 is 0 Å². The number of aliphatic hydroxyl groups is 2. The Bertz CT molecular complexity index is 840. The molecule has 0 amide bonds. The zero-order chi connectivity index (χ0) is 23.0. The van der Waals surface area contributed by atoms with Crippen molar-refractivity contribution in [2.24, 2.45) is 5.92 Å². The Balaban J connectivity index is 1.65. The lowest BCUT2D eigenvalue weighted by atomic mass is 10.0. The highest BCUT2D eigenvalue weighted by Crippen LogP contribution is 2.26. The van der Waals surface area contributed by atoms with E-state index in [9.17, 15) is 19.8 Å². The van der Waals surface area contributed by atoms with E-state index in [4.69, 9.17) is 4.74 Å². The lowest BCUT2D eigenvalue weighted by Gasteiger charge is -2.07. The highest BCUT2D eigenvalue weighted by atomic mass is 16.6. The van der Waals surface area contributed by atoms with Gasteiger partial charge in [0.25, 0.3) is 0 Å². The molecular formula is C25H34O6. The second-order valence-electron chi connectivity index (χ2n) is 8.43. The Labute approximate surface area is 184 Å². The highest BCUT2D eigenvalue weighted by molar-refractivity contribution is 5.93. The van der Waals surface area contributed by atoms with Crippen molar-refractivity contribution in [3.05, 3.63) is 58.1 Å². The number of hydrogen-bond donors (Lipinski definition) is 2. The van der Waals surface area contributed by atoms with Crippen LogP contribution in [0.15, 0.2) is 58.1 Å². The number of rotatable bonds is 11. The molecule has 170 valence electrons. The van der Waals surface area contributed by atoms with E-state index < -0.39 is 18.2 Å². The van der Waals surface area contributed by atoms with Gasteiger partial charge < -0.3 is 19.7 Å². The fourth-order valence-corrected chi connectivity index (χ4v) is 3.51. The van der Waals surface area contributed by atoms with Crippen LogP contribution in [0, 0.1) is 5.92 Å². The highest BCUT2D eigenvalue weighted by Gasteiger charge is 2.26. The van der Waals surface area contributed by atoms with Crippen LogP contribution in [0.3, 0.4) is 0 Å². The van der Waals surface area contributed by atoms with Crippen molar-refractivity contribution in [3.63, 3.8) is 0 Å². The van der Waals surface area contributed by atoms with Crippen molar-refractivity contribution in [2.45, 2.75) is 78.9 Å². The fourth-order valence-electron chi connectivity index (χ4n) is 3.51. The van der Waals surface area contributed by atoms with Gasteiger partial charge in [-0.25, -0.2) is 9.59 Å². The molecule has 0 bridgehead atoms. The molecule has 2 heterocycles. The molecule has 31 heavy (non-hydrogen) atoms. The summed E-state index contributed by atoms with van der Waals surface area (Å²) in [5.74, 6) is -0.479. The van der Waals surface area contributed by atoms with Gasteiger partial charge in [0.15, 0.2) is 11.5 Å². The summed E-state index contributed by atoms with van der Waals surface area (Å²) in [4.78, 5) is 22.9. The molecular weight excluding hydrogens is 396 g/mol. The van der Waals surface area contributed by atoms with Crippen molar-refractivity contribution in [3.8, 4) is 0 Å². The van der Waals surface area contributed by atoms with E-state index in [1.165, 1.54) is 17.2 Å². The molecule has 0 spiro atoms. The molecule has 2 unspecified atom stereocenters. The van der Waals surface area contributed by atoms with Crippen molar-refractivity contribution >= 4 is 11.9 Å². The fraction of sp³-hybridized carbons (Fsp3) is 0.520. The Hall–Kier alpha value is -2.60. The Morgan fingerprint density at radius 1 is 1.13 bits per heavy atom. The topological polar surface area (TPSA) is 93.1 Å². The molecule has 0 fully saturated rings. The van der Waals surface area contributed by atoms with E-state index in [0.29, 0.717) is 12.0 Å². The Morgan fingerprint density at radius 3 is 2.42 bits per heavy atom. The van der Waals surface area contributed by atoms with Crippen LogP contribution < -0.4 is 0 Å². The average molecular weight is 431 g/mol. The lowest BCUT2D eigenvalue weighted by Crippen LogP contribution is -2.06. The van der Waals surface area contributed by atoms with Gasteiger partial charge in [0.05, 0.1) is 5.57 Å². The molecule has 2 rings (SSSR count). The van der Waals surface area contributed by atoms with E-state index in [-0.39, 0.29) is 23.0 Å². The summed E-state index contributed by atoms with van der Waals surface area (Å²) in [6, 6.07) is 0. The summed E-state index contributed by atoms with van der Waals surface area (Å²) < 4.78 is 9.75. The molecule has 2 aliphatic heterocycles. The zero-order valence-corrected chi connectivity index (χ0v) is 18.9. The standard InChI is InChI=1S/C25H34O6/c1-16(10-6-12-18(3)14-21-23(27)19(4)24(28)30-21)8-5-9-17(2)11-7-13-20-15-22(26)31-25(20)29/h9-10,14-15,18,22,26-27H,5-8,11-13H2,1-4H3. The third-order valence-electron chi connectivity index (χ3n) is 5.53. The number of hydrogen-bond acceptors (Lipinski definition) is 6.